The average molecular weight is 279 g/mol. The SMILES string of the molecule is CCN(CNC)C(=O)N[C@@H](Cc1ccccc1)C(=O)O. The Kier molecular flexibility index (Phi) is 6.52. The van der Waals surface area contributed by atoms with Crippen LogP contribution in [0.3, 0.4) is 0 Å². The highest BCUT2D eigenvalue weighted by Crippen LogP contribution is 2.04. The minimum absolute atomic E-state index is 0.263. The van der Waals surface area contributed by atoms with E-state index >= 15 is 0 Å². The number of carboxylic acids is 1. The third-order valence-corrected chi connectivity index (χ3v) is 2.90. The van der Waals surface area contributed by atoms with Crippen LogP contribution in [0.5, 0.6) is 0 Å². The van der Waals surface area contributed by atoms with E-state index in [2.05, 4.69) is 10.6 Å². The third kappa shape index (κ3) is 4.89. The lowest BCUT2D eigenvalue weighted by molar-refractivity contribution is -0.139. The summed E-state index contributed by atoms with van der Waals surface area (Å²) < 4.78 is 0. The molecular weight excluding hydrogens is 258 g/mol. The highest BCUT2D eigenvalue weighted by Gasteiger charge is 2.22. The number of hydrogen-bond acceptors (Lipinski definition) is 3. The van der Waals surface area contributed by atoms with E-state index in [1.54, 1.807) is 7.05 Å². The van der Waals surface area contributed by atoms with Crippen molar-refractivity contribution >= 4 is 12.0 Å². The molecule has 20 heavy (non-hydrogen) atoms. The maximum atomic E-state index is 12.0. The Labute approximate surface area is 118 Å². The first-order chi connectivity index (χ1) is 9.58. The van der Waals surface area contributed by atoms with Crippen LogP contribution in [0.1, 0.15) is 12.5 Å². The minimum Gasteiger partial charge on any atom is -0.480 e. The second kappa shape index (κ2) is 8.16. The van der Waals surface area contributed by atoms with Crippen molar-refractivity contribution in [2.45, 2.75) is 19.4 Å². The molecule has 0 aromatic heterocycles. The Bertz CT molecular complexity index is 437. The number of carbonyl (C=O) groups excluding carboxylic acids is 1. The fraction of sp³-hybridized carbons (Fsp3) is 0.429. The lowest BCUT2D eigenvalue weighted by atomic mass is 10.1. The molecule has 3 N–H and O–H groups in total. The molecule has 6 heteroatoms. The van der Waals surface area contributed by atoms with Gasteiger partial charge in [-0.1, -0.05) is 30.3 Å². The van der Waals surface area contributed by atoms with Crippen molar-refractivity contribution in [1.82, 2.24) is 15.5 Å². The molecule has 0 saturated heterocycles. The fourth-order valence-corrected chi connectivity index (χ4v) is 1.81. The van der Waals surface area contributed by atoms with Crippen LogP contribution >= 0.6 is 0 Å². The molecule has 0 aliphatic rings. The monoisotopic (exact) mass is 279 g/mol. The summed E-state index contributed by atoms with van der Waals surface area (Å²) in [7, 11) is 1.73. The van der Waals surface area contributed by atoms with E-state index in [-0.39, 0.29) is 12.5 Å². The number of hydrogen-bond donors (Lipinski definition) is 3. The average Bonchev–Trinajstić information content (AvgIpc) is 2.44. The van der Waals surface area contributed by atoms with Crippen LogP contribution in [0.2, 0.25) is 0 Å². The molecule has 0 bridgehead atoms. The quantitative estimate of drug-likeness (QED) is 0.647. The van der Waals surface area contributed by atoms with Gasteiger partial charge in [0.05, 0.1) is 6.67 Å². The maximum Gasteiger partial charge on any atom is 0.326 e. The van der Waals surface area contributed by atoms with Crippen LogP contribution in [0.4, 0.5) is 4.79 Å². The predicted octanol–water partition coefficient (Wildman–Crippen LogP) is 0.891. The third-order valence-electron chi connectivity index (χ3n) is 2.90. The zero-order valence-electron chi connectivity index (χ0n) is 11.8. The molecule has 0 unspecified atom stereocenters. The van der Waals surface area contributed by atoms with Crippen LogP contribution in [0.25, 0.3) is 0 Å². The lowest BCUT2D eigenvalue weighted by Crippen LogP contribution is -2.50. The molecule has 1 aromatic carbocycles. The van der Waals surface area contributed by atoms with Gasteiger partial charge in [0.1, 0.15) is 6.04 Å². The van der Waals surface area contributed by atoms with Crippen molar-refractivity contribution in [2.24, 2.45) is 0 Å². The van der Waals surface area contributed by atoms with Crippen molar-refractivity contribution < 1.29 is 14.7 Å². The molecule has 0 saturated carbocycles. The van der Waals surface area contributed by atoms with Gasteiger partial charge in [0.25, 0.3) is 0 Å². The van der Waals surface area contributed by atoms with Gasteiger partial charge in [-0.25, -0.2) is 9.59 Å². The highest BCUT2D eigenvalue weighted by molar-refractivity contribution is 5.82. The second-order valence-corrected chi connectivity index (χ2v) is 4.40. The maximum absolute atomic E-state index is 12.0. The molecule has 0 fully saturated rings. The van der Waals surface area contributed by atoms with E-state index in [0.29, 0.717) is 13.2 Å². The van der Waals surface area contributed by atoms with Gasteiger partial charge < -0.3 is 20.6 Å². The number of benzene rings is 1. The molecule has 1 aromatic rings. The Balaban J connectivity index is 2.68. The zero-order chi connectivity index (χ0) is 15.0. The van der Waals surface area contributed by atoms with E-state index in [1.807, 2.05) is 37.3 Å². The van der Waals surface area contributed by atoms with Crippen LogP contribution in [0.15, 0.2) is 30.3 Å². The number of nitrogens with zero attached hydrogens (tertiary/aromatic N) is 1. The molecule has 110 valence electrons. The van der Waals surface area contributed by atoms with Gasteiger partial charge in [0.2, 0.25) is 0 Å². The van der Waals surface area contributed by atoms with E-state index in [1.165, 1.54) is 4.90 Å². The normalized spacial score (nSPS) is 11.7. The number of aliphatic carboxylic acids is 1. The molecule has 0 radical (unpaired) electrons. The minimum atomic E-state index is -1.04. The Morgan fingerprint density at radius 3 is 2.45 bits per heavy atom. The van der Waals surface area contributed by atoms with E-state index in [9.17, 15) is 14.7 Å². The summed E-state index contributed by atoms with van der Waals surface area (Å²) in [4.78, 5) is 24.7. The number of urea groups is 1. The Morgan fingerprint density at radius 1 is 1.30 bits per heavy atom. The standard InChI is InChI=1S/C14H21N3O3/c1-3-17(10-15-2)14(20)16-12(13(18)19)9-11-7-5-4-6-8-11/h4-8,12,15H,3,9-10H2,1-2H3,(H,16,20)(H,18,19)/t12-/m0/s1. The van der Waals surface area contributed by atoms with Crippen molar-refractivity contribution in [3.63, 3.8) is 0 Å². The van der Waals surface area contributed by atoms with Gasteiger partial charge in [0, 0.05) is 13.0 Å². The van der Waals surface area contributed by atoms with E-state index in [4.69, 9.17) is 0 Å². The Morgan fingerprint density at radius 2 is 1.95 bits per heavy atom. The summed E-state index contributed by atoms with van der Waals surface area (Å²) in [6.07, 6.45) is 0.263. The molecule has 1 atom stereocenters. The molecule has 0 aliphatic heterocycles. The van der Waals surface area contributed by atoms with Crippen LogP contribution < -0.4 is 10.6 Å². The Hall–Kier alpha value is -2.08. The summed E-state index contributed by atoms with van der Waals surface area (Å²) in [6, 6.07) is 7.91. The number of carboxylic acid groups (broad SMARTS) is 1. The molecule has 0 aliphatic carbocycles. The van der Waals surface area contributed by atoms with Crippen molar-refractivity contribution in [2.75, 3.05) is 20.3 Å². The number of rotatable bonds is 7. The molecule has 6 nitrogen and oxygen atoms in total. The summed E-state index contributed by atoms with van der Waals surface area (Å²) in [5, 5.41) is 14.6. The number of carbonyl (C=O) groups is 2. The first-order valence-electron chi connectivity index (χ1n) is 6.55. The van der Waals surface area contributed by atoms with Gasteiger partial charge in [-0.15, -0.1) is 0 Å². The summed E-state index contributed by atoms with van der Waals surface area (Å²) in [6.45, 7) is 2.72. The lowest BCUT2D eigenvalue weighted by Gasteiger charge is -2.23. The van der Waals surface area contributed by atoms with Crippen LogP contribution in [-0.4, -0.2) is 48.3 Å². The molecular formula is C14H21N3O3. The summed E-state index contributed by atoms with van der Waals surface area (Å²) in [5.74, 6) is -1.04. The molecule has 0 spiro atoms. The van der Waals surface area contributed by atoms with Crippen molar-refractivity contribution in [1.29, 1.82) is 0 Å². The first-order valence-corrected chi connectivity index (χ1v) is 6.55. The zero-order valence-corrected chi connectivity index (χ0v) is 11.8. The van der Waals surface area contributed by atoms with Crippen molar-refractivity contribution in [3.8, 4) is 0 Å². The number of amides is 2. The molecule has 0 heterocycles. The summed E-state index contributed by atoms with van der Waals surface area (Å²) in [5.41, 5.74) is 0.872. The largest absolute Gasteiger partial charge is 0.480 e. The van der Waals surface area contributed by atoms with Gasteiger partial charge in [-0.05, 0) is 19.5 Å². The molecule has 2 amide bonds. The van der Waals surface area contributed by atoms with Gasteiger partial charge in [-0.2, -0.15) is 0 Å². The second-order valence-electron chi connectivity index (χ2n) is 4.40. The number of nitrogens with one attached hydrogen (secondary N) is 2. The predicted molar refractivity (Wildman–Crippen MR) is 76.4 cm³/mol. The van der Waals surface area contributed by atoms with Gasteiger partial charge in [-0.3, -0.25) is 0 Å². The van der Waals surface area contributed by atoms with Crippen LogP contribution in [-0.2, 0) is 11.2 Å². The van der Waals surface area contributed by atoms with E-state index < -0.39 is 12.0 Å². The van der Waals surface area contributed by atoms with Crippen LogP contribution in [0, 0.1) is 0 Å². The van der Waals surface area contributed by atoms with Gasteiger partial charge >= 0.3 is 12.0 Å². The van der Waals surface area contributed by atoms with Crippen molar-refractivity contribution in [3.05, 3.63) is 35.9 Å². The smallest absolute Gasteiger partial charge is 0.326 e. The highest BCUT2D eigenvalue weighted by atomic mass is 16.4. The van der Waals surface area contributed by atoms with E-state index in [0.717, 1.165) is 5.56 Å². The molecule has 1 rings (SSSR count). The fourth-order valence-electron chi connectivity index (χ4n) is 1.81. The summed E-state index contributed by atoms with van der Waals surface area (Å²) >= 11 is 0. The van der Waals surface area contributed by atoms with Gasteiger partial charge in [0.15, 0.2) is 0 Å². The topological polar surface area (TPSA) is 81.7 Å². The first kappa shape index (κ1) is 16.0.